The lowest BCUT2D eigenvalue weighted by Gasteiger charge is -2.25. The van der Waals surface area contributed by atoms with Crippen LogP contribution in [0.4, 0.5) is 4.79 Å². The molecule has 0 aromatic rings. The average molecular weight is 332 g/mol. The maximum Gasteiger partial charge on any atom is 0.408 e. The molecule has 8 heteroatoms. The predicted molar refractivity (Wildman–Crippen MR) is 83.7 cm³/mol. The zero-order chi connectivity index (χ0) is 16.8. The second kappa shape index (κ2) is 8.26. The van der Waals surface area contributed by atoms with E-state index < -0.39 is 23.7 Å². The van der Waals surface area contributed by atoms with Gasteiger partial charge in [0.25, 0.3) is 0 Å². The number of nitrogens with zero attached hydrogens (tertiary/aromatic N) is 1. The fraction of sp³-hybridized carbons (Fsp3) is 0.786. The van der Waals surface area contributed by atoms with Crippen molar-refractivity contribution in [3.63, 3.8) is 0 Å². The third-order valence-corrected chi connectivity index (χ3v) is 3.76. The molecule has 0 aromatic carbocycles. The first-order chi connectivity index (χ1) is 10.2. The fourth-order valence-electron chi connectivity index (χ4n) is 1.85. The van der Waals surface area contributed by atoms with E-state index in [1.165, 1.54) is 4.90 Å². The monoisotopic (exact) mass is 332 g/mol. The van der Waals surface area contributed by atoms with E-state index in [-0.39, 0.29) is 19.1 Å². The zero-order valence-corrected chi connectivity index (χ0v) is 14.3. The molecule has 0 bridgehead atoms. The van der Waals surface area contributed by atoms with Crippen molar-refractivity contribution in [3.05, 3.63) is 0 Å². The Balaban J connectivity index is 2.64. The molecule has 1 heterocycles. The lowest BCUT2D eigenvalue weighted by atomic mass is 10.2. The Hall–Kier alpha value is -1.44. The lowest BCUT2D eigenvalue weighted by Crippen LogP contribution is -2.51. The quantitative estimate of drug-likeness (QED) is 0.774. The molecular weight excluding hydrogens is 308 g/mol. The van der Waals surface area contributed by atoms with Crippen LogP contribution in [0.15, 0.2) is 0 Å². The number of nitrogens with one attached hydrogen (secondary N) is 1. The highest BCUT2D eigenvalue weighted by Gasteiger charge is 2.31. The number of amides is 2. The van der Waals surface area contributed by atoms with Gasteiger partial charge in [-0.2, -0.15) is 11.8 Å². The van der Waals surface area contributed by atoms with E-state index in [4.69, 9.17) is 9.47 Å². The summed E-state index contributed by atoms with van der Waals surface area (Å²) in [5.41, 5.74) is -0.629. The molecule has 1 saturated heterocycles. The average Bonchev–Trinajstić information content (AvgIpc) is 2.52. The fourth-order valence-corrected chi connectivity index (χ4v) is 2.83. The van der Waals surface area contributed by atoms with Crippen LogP contribution in [0, 0.1) is 0 Å². The first-order valence-electron chi connectivity index (χ1n) is 7.24. The molecule has 1 fully saturated rings. The summed E-state index contributed by atoms with van der Waals surface area (Å²) in [6, 6.07) is -0.697. The highest BCUT2D eigenvalue weighted by molar-refractivity contribution is 7.99. The molecule has 1 aliphatic rings. The molecule has 0 radical (unpaired) electrons. The van der Waals surface area contributed by atoms with E-state index in [1.807, 2.05) is 0 Å². The third kappa shape index (κ3) is 6.55. The topological polar surface area (TPSA) is 84.9 Å². The van der Waals surface area contributed by atoms with E-state index in [0.29, 0.717) is 18.1 Å². The number of carbonyl (C=O) groups is 3. The first-order valence-corrected chi connectivity index (χ1v) is 8.40. The van der Waals surface area contributed by atoms with Crippen LogP contribution in [-0.4, -0.2) is 65.7 Å². The normalized spacial score (nSPS) is 19.4. The van der Waals surface area contributed by atoms with Crippen molar-refractivity contribution < 1.29 is 23.9 Å². The van der Waals surface area contributed by atoms with Crippen LogP contribution in [0.3, 0.4) is 0 Å². The van der Waals surface area contributed by atoms with E-state index in [0.717, 1.165) is 0 Å². The number of hydrogen-bond acceptors (Lipinski definition) is 6. The Morgan fingerprint density at radius 1 is 1.41 bits per heavy atom. The molecule has 2 amide bonds. The highest BCUT2D eigenvalue weighted by atomic mass is 32.2. The maximum atomic E-state index is 12.4. The van der Waals surface area contributed by atoms with Crippen LogP contribution >= 0.6 is 11.8 Å². The summed E-state index contributed by atoms with van der Waals surface area (Å²) in [4.78, 5) is 37.2. The minimum Gasteiger partial charge on any atom is -0.465 e. The molecule has 7 nitrogen and oxygen atoms in total. The van der Waals surface area contributed by atoms with Crippen LogP contribution in [0.2, 0.25) is 0 Å². The van der Waals surface area contributed by atoms with Crippen molar-refractivity contribution in [1.29, 1.82) is 0 Å². The van der Waals surface area contributed by atoms with E-state index >= 15 is 0 Å². The van der Waals surface area contributed by atoms with Crippen molar-refractivity contribution in [2.24, 2.45) is 0 Å². The van der Waals surface area contributed by atoms with Gasteiger partial charge in [0.05, 0.1) is 6.61 Å². The molecule has 0 aromatic heterocycles. The number of rotatable bonds is 4. The molecule has 0 spiro atoms. The van der Waals surface area contributed by atoms with Crippen molar-refractivity contribution in [2.75, 3.05) is 31.2 Å². The standard InChI is InChI=1S/C14H24N2O5S/c1-5-20-11(17)8-16-6-7-22-9-10(12(16)18)15-13(19)21-14(2,3)4/h10H,5-9H2,1-4H3,(H,15,19). The lowest BCUT2D eigenvalue weighted by molar-refractivity contribution is -0.149. The van der Waals surface area contributed by atoms with Crippen LogP contribution < -0.4 is 5.32 Å². The van der Waals surface area contributed by atoms with Gasteiger partial charge in [-0.25, -0.2) is 4.79 Å². The maximum absolute atomic E-state index is 12.4. The Bertz CT molecular complexity index is 422. The van der Waals surface area contributed by atoms with Gasteiger partial charge in [-0.15, -0.1) is 0 Å². The van der Waals surface area contributed by atoms with Crippen LogP contribution in [0.25, 0.3) is 0 Å². The van der Waals surface area contributed by atoms with Crippen molar-refractivity contribution >= 4 is 29.7 Å². The molecular formula is C14H24N2O5S. The van der Waals surface area contributed by atoms with Gasteiger partial charge in [0.1, 0.15) is 18.2 Å². The van der Waals surface area contributed by atoms with Gasteiger partial charge in [-0.1, -0.05) is 0 Å². The summed E-state index contributed by atoms with van der Waals surface area (Å²) in [7, 11) is 0. The van der Waals surface area contributed by atoms with Crippen LogP contribution in [0.1, 0.15) is 27.7 Å². The van der Waals surface area contributed by atoms with Crippen molar-refractivity contribution in [1.82, 2.24) is 10.2 Å². The number of hydrogen-bond donors (Lipinski definition) is 1. The van der Waals surface area contributed by atoms with E-state index in [1.54, 1.807) is 39.5 Å². The molecule has 1 rings (SSSR count). The summed E-state index contributed by atoms with van der Waals surface area (Å²) in [6.45, 7) is 7.60. The predicted octanol–water partition coefficient (Wildman–Crippen LogP) is 1.02. The number of esters is 1. The molecule has 1 unspecified atom stereocenters. The number of carbonyl (C=O) groups excluding carboxylic acids is 3. The van der Waals surface area contributed by atoms with Gasteiger partial charge < -0.3 is 19.7 Å². The van der Waals surface area contributed by atoms with Crippen molar-refractivity contribution in [3.8, 4) is 0 Å². The van der Waals surface area contributed by atoms with E-state index in [2.05, 4.69) is 5.32 Å². The summed E-state index contributed by atoms with van der Waals surface area (Å²) in [5.74, 6) is 0.428. The third-order valence-electron chi connectivity index (χ3n) is 2.72. The molecule has 22 heavy (non-hydrogen) atoms. The Labute approximate surface area is 135 Å². The largest absolute Gasteiger partial charge is 0.465 e. The van der Waals surface area contributed by atoms with Gasteiger partial charge in [-0.05, 0) is 27.7 Å². The minimum atomic E-state index is -0.697. The van der Waals surface area contributed by atoms with Crippen LogP contribution in [-0.2, 0) is 19.1 Å². The number of thioether (sulfide) groups is 1. The van der Waals surface area contributed by atoms with Gasteiger partial charge in [0, 0.05) is 18.1 Å². The highest BCUT2D eigenvalue weighted by Crippen LogP contribution is 2.14. The van der Waals surface area contributed by atoms with Gasteiger partial charge in [-0.3, -0.25) is 9.59 Å². The van der Waals surface area contributed by atoms with Gasteiger partial charge in [0.2, 0.25) is 5.91 Å². The smallest absolute Gasteiger partial charge is 0.408 e. The summed E-state index contributed by atoms with van der Waals surface area (Å²) in [5, 5.41) is 2.58. The Morgan fingerprint density at radius 3 is 2.68 bits per heavy atom. The van der Waals surface area contributed by atoms with Gasteiger partial charge >= 0.3 is 12.1 Å². The molecule has 1 atom stereocenters. The second-order valence-electron chi connectivity index (χ2n) is 5.84. The summed E-state index contributed by atoms with van der Waals surface area (Å²) >= 11 is 1.55. The summed E-state index contributed by atoms with van der Waals surface area (Å²) < 4.78 is 10.0. The number of alkyl carbamates (subject to hydrolysis) is 1. The SMILES string of the molecule is CCOC(=O)CN1CCSCC(NC(=O)OC(C)(C)C)C1=O. The molecule has 0 aliphatic carbocycles. The zero-order valence-electron chi connectivity index (χ0n) is 13.5. The number of ether oxygens (including phenoxy) is 2. The van der Waals surface area contributed by atoms with E-state index in [9.17, 15) is 14.4 Å². The first kappa shape index (κ1) is 18.6. The Morgan fingerprint density at radius 2 is 2.09 bits per heavy atom. The van der Waals surface area contributed by atoms with Crippen LogP contribution in [0.5, 0.6) is 0 Å². The second-order valence-corrected chi connectivity index (χ2v) is 6.99. The molecule has 1 N–H and O–H groups in total. The molecule has 0 saturated carbocycles. The molecule has 126 valence electrons. The van der Waals surface area contributed by atoms with Gasteiger partial charge in [0.15, 0.2) is 0 Å². The summed E-state index contributed by atoms with van der Waals surface area (Å²) in [6.07, 6.45) is -0.635. The minimum absolute atomic E-state index is 0.0975. The molecule has 1 aliphatic heterocycles. The Kier molecular flexibility index (Phi) is 6.99. The van der Waals surface area contributed by atoms with Crippen molar-refractivity contribution in [2.45, 2.75) is 39.3 Å².